The van der Waals surface area contributed by atoms with Gasteiger partial charge in [0.25, 0.3) is 0 Å². The highest BCUT2D eigenvalue weighted by molar-refractivity contribution is 5.78. The number of nitrogens with zero attached hydrogens (tertiary/aromatic N) is 1. The highest BCUT2D eigenvalue weighted by Crippen LogP contribution is 2.16. The molecule has 4 nitrogen and oxygen atoms in total. The van der Waals surface area contributed by atoms with Crippen LogP contribution in [0.15, 0.2) is 0 Å². The van der Waals surface area contributed by atoms with Crippen LogP contribution in [0.4, 0.5) is 0 Å². The van der Waals surface area contributed by atoms with E-state index in [-0.39, 0.29) is 0 Å². The van der Waals surface area contributed by atoms with Gasteiger partial charge in [-0.1, -0.05) is 19.8 Å². The van der Waals surface area contributed by atoms with Gasteiger partial charge in [0.2, 0.25) is 0 Å². The van der Waals surface area contributed by atoms with Gasteiger partial charge >= 0.3 is 5.97 Å². The van der Waals surface area contributed by atoms with E-state index in [2.05, 4.69) is 4.90 Å². The van der Waals surface area contributed by atoms with E-state index in [0.717, 1.165) is 26.1 Å². The van der Waals surface area contributed by atoms with Crippen LogP contribution in [0.3, 0.4) is 0 Å². The van der Waals surface area contributed by atoms with Crippen molar-refractivity contribution >= 4 is 5.97 Å². The molecule has 0 amide bonds. The van der Waals surface area contributed by atoms with Crippen molar-refractivity contribution in [2.24, 2.45) is 5.73 Å². The van der Waals surface area contributed by atoms with Gasteiger partial charge in [-0.25, -0.2) is 0 Å². The van der Waals surface area contributed by atoms with Crippen LogP contribution in [0.1, 0.15) is 51.9 Å². The summed E-state index contributed by atoms with van der Waals surface area (Å²) in [5.74, 6) is -0.865. The average molecular weight is 242 g/mol. The zero-order valence-electron chi connectivity index (χ0n) is 11.0. The molecule has 0 bridgehead atoms. The summed E-state index contributed by atoms with van der Waals surface area (Å²) in [5, 5.41) is 9.08. The molecule has 17 heavy (non-hydrogen) atoms. The van der Waals surface area contributed by atoms with Crippen molar-refractivity contribution in [1.82, 2.24) is 4.90 Å². The van der Waals surface area contributed by atoms with Gasteiger partial charge in [-0.05, 0) is 51.7 Å². The molecule has 3 N–H and O–H groups in total. The van der Waals surface area contributed by atoms with E-state index < -0.39 is 11.5 Å². The number of carbonyl (C=O) groups is 1. The Morgan fingerprint density at radius 2 is 1.88 bits per heavy atom. The lowest BCUT2D eigenvalue weighted by Gasteiger charge is -2.25. The Bertz CT molecular complexity index is 238. The second-order valence-electron chi connectivity index (χ2n) is 5.17. The molecular weight excluding hydrogens is 216 g/mol. The van der Waals surface area contributed by atoms with Crippen LogP contribution in [0, 0.1) is 0 Å². The number of carboxylic acid groups (broad SMARTS) is 1. The zero-order chi connectivity index (χ0) is 12.7. The Morgan fingerprint density at radius 3 is 2.35 bits per heavy atom. The SMILES string of the molecule is CCC(N)(CCCN1CCCCCC1)C(=O)O. The minimum atomic E-state index is -1.02. The Labute approximate surface area is 104 Å². The van der Waals surface area contributed by atoms with Crippen LogP contribution in [0.2, 0.25) is 0 Å². The predicted octanol–water partition coefficient (Wildman–Crippen LogP) is 1.83. The molecule has 0 aromatic rings. The van der Waals surface area contributed by atoms with Crippen LogP contribution >= 0.6 is 0 Å². The van der Waals surface area contributed by atoms with Gasteiger partial charge in [-0.15, -0.1) is 0 Å². The van der Waals surface area contributed by atoms with Gasteiger partial charge in [-0.3, -0.25) is 4.79 Å². The Balaban J connectivity index is 2.28. The standard InChI is InChI=1S/C13H26N2O2/c1-2-13(14,12(16)17)8-7-11-15-9-5-3-4-6-10-15/h2-11,14H2,1H3,(H,16,17). The molecule has 1 aliphatic rings. The third-order valence-electron chi connectivity index (χ3n) is 3.85. The van der Waals surface area contributed by atoms with E-state index in [9.17, 15) is 4.79 Å². The minimum absolute atomic E-state index is 0.502. The molecular formula is C13H26N2O2. The first kappa shape index (κ1) is 14.5. The fourth-order valence-corrected chi connectivity index (χ4v) is 2.41. The van der Waals surface area contributed by atoms with Gasteiger partial charge in [0.15, 0.2) is 0 Å². The fourth-order valence-electron chi connectivity index (χ4n) is 2.41. The molecule has 0 radical (unpaired) electrons. The second-order valence-corrected chi connectivity index (χ2v) is 5.17. The average Bonchev–Trinajstić information content (AvgIpc) is 2.57. The molecule has 0 aromatic heterocycles. The van der Waals surface area contributed by atoms with Crippen molar-refractivity contribution in [3.63, 3.8) is 0 Å². The molecule has 0 saturated carbocycles. The van der Waals surface area contributed by atoms with Gasteiger partial charge < -0.3 is 15.7 Å². The summed E-state index contributed by atoms with van der Waals surface area (Å²) >= 11 is 0. The molecule has 1 saturated heterocycles. The smallest absolute Gasteiger partial charge is 0.323 e. The summed E-state index contributed by atoms with van der Waals surface area (Å²) in [5.41, 5.74) is 4.85. The van der Waals surface area contributed by atoms with E-state index in [1.807, 2.05) is 6.92 Å². The maximum Gasteiger partial charge on any atom is 0.323 e. The monoisotopic (exact) mass is 242 g/mol. The third kappa shape index (κ3) is 4.64. The molecule has 0 aliphatic carbocycles. The third-order valence-corrected chi connectivity index (χ3v) is 3.85. The molecule has 0 spiro atoms. The lowest BCUT2D eigenvalue weighted by Crippen LogP contribution is -2.47. The minimum Gasteiger partial charge on any atom is -0.480 e. The fraction of sp³-hybridized carbons (Fsp3) is 0.923. The van der Waals surface area contributed by atoms with Gasteiger partial charge in [0.05, 0.1) is 0 Å². The summed E-state index contributed by atoms with van der Waals surface area (Å²) in [6.07, 6.45) is 7.19. The van der Waals surface area contributed by atoms with Gasteiger partial charge in [0, 0.05) is 0 Å². The Kier molecular flexibility index (Phi) is 5.92. The summed E-state index contributed by atoms with van der Waals surface area (Å²) in [6.45, 7) is 5.17. The molecule has 1 atom stereocenters. The molecule has 1 fully saturated rings. The van der Waals surface area contributed by atoms with Gasteiger partial charge in [0.1, 0.15) is 5.54 Å². The van der Waals surface area contributed by atoms with E-state index in [1.54, 1.807) is 0 Å². The van der Waals surface area contributed by atoms with Gasteiger partial charge in [-0.2, -0.15) is 0 Å². The number of aliphatic carboxylic acids is 1. The molecule has 1 aliphatic heterocycles. The lowest BCUT2D eigenvalue weighted by molar-refractivity contribution is -0.143. The quantitative estimate of drug-likeness (QED) is 0.746. The van der Waals surface area contributed by atoms with Crippen molar-refractivity contribution < 1.29 is 9.90 Å². The number of carboxylic acids is 1. The van der Waals surface area contributed by atoms with Crippen molar-refractivity contribution in [3.05, 3.63) is 0 Å². The number of hydrogen-bond acceptors (Lipinski definition) is 3. The van der Waals surface area contributed by atoms with Crippen LogP contribution in [0.5, 0.6) is 0 Å². The molecule has 100 valence electrons. The van der Waals surface area contributed by atoms with E-state index in [4.69, 9.17) is 10.8 Å². The summed E-state index contributed by atoms with van der Waals surface area (Å²) < 4.78 is 0. The van der Waals surface area contributed by atoms with Crippen molar-refractivity contribution in [2.45, 2.75) is 57.4 Å². The summed E-state index contributed by atoms with van der Waals surface area (Å²) in [6, 6.07) is 0. The highest BCUT2D eigenvalue weighted by atomic mass is 16.4. The van der Waals surface area contributed by atoms with Crippen molar-refractivity contribution in [2.75, 3.05) is 19.6 Å². The number of likely N-dealkylation sites (tertiary alicyclic amines) is 1. The maximum atomic E-state index is 11.1. The number of rotatable bonds is 6. The molecule has 4 heteroatoms. The first-order chi connectivity index (χ1) is 8.08. The normalized spacial score (nSPS) is 21.8. The van der Waals surface area contributed by atoms with Crippen LogP contribution in [-0.4, -0.2) is 41.1 Å². The topological polar surface area (TPSA) is 66.6 Å². The predicted molar refractivity (Wildman–Crippen MR) is 69.0 cm³/mol. The van der Waals surface area contributed by atoms with E-state index >= 15 is 0 Å². The molecule has 1 rings (SSSR count). The van der Waals surface area contributed by atoms with Crippen LogP contribution in [0.25, 0.3) is 0 Å². The summed E-state index contributed by atoms with van der Waals surface area (Å²) in [4.78, 5) is 13.5. The van der Waals surface area contributed by atoms with Crippen molar-refractivity contribution in [3.8, 4) is 0 Å². The van der Waals surface area contributed by atoms with Crippen LogP contribution < -0.4 is 5.73 Å². The molecule has 0 aromatic carbocycles. The lowest BCUT2D eigenvalue weighted by atomic mass is 9.92. The van der Waals surface area contributed by atoms with Crippen molar-refractivity contribution in [1.29, 1.82) is 0 Å². The van der Waals surface area contributed by atoms with E-state index in [0.29, 0.717) is 12.8 Å². The maximum absolute atomic E-state index is 11.1. The molecule has 1 unspecified atom stereocenters. The highest BCUT2D eigenvalue weighted by Gasteiger charge is 2.31. The van der Waals surface area contributed by atoms with E-state index in [1.165, 1.54) is 25.7 Å². The second kappa shape index (κ2) is 6.97. The first-order valence-electron chi connectivity index (χ1n) is 6.83. The van der Waals surface area contributed by atoms with Crippen LogP contribution in [-0.2, 0) is 4.79 Å². The molecule has 1 heterocycles. The Morgan fingerprint density at radius 1 is 1.29 bits per heavy atom. The number of nitrogens with two attached hydrogens (primary N) is 1. The number of hydrogen-bond donors (Lipinski definition) is 2. The largest absolute Gasteiger partial charge is 0.480 e. The first-order valence-corrected chi connectivity index (χ1v) is 6.83. The summed E-state index contributed by atoms with van der Waals surface area (Å²) in [7, 11) is 0. The zero-order valence-corrected chi connectivity index (χ0v) is 11.0. The Hall–Kier alpha value is -0.610.